The molecule has 2 bridgehead atoms. The van der Waals surface area contributed by atoms with Crippen LogP contribution in [0.25, 0.3) is 0 Å². The number of methoxy groups -OCH3 is 1. The summed E-state index contributed by atoms with van der Waals surface area (Å²) in [5.74, 6) is 2.73. The maximum atomic E-state index is 11.6. The lowest BCUT2D eigenvalue weighted by molar-refractivity contribution is -0.153. The molecule has 0 aromatic heterocycles. The van der Waals surface area contributed by atoms with Crippen LogP contribution in [0.1, 0.15) is 19.3 Å². The summed E-state index contributed by atoms with van der Waals surface area (Å²) in [7, 11) is 1.47. The molecular formula is C11H17NO2. The highest BCUT2D eigenvalue weighted by atomic mass is 16.5. The van der Waals surface area contributed by atoms with Gasteiger partial charge in [0.2, 0.25) is 0 Å². The van der Waals surface area contributed by atoms with E-state index in [-0.39, 0.29) is 17.9 Å². The van der Waals surface area contributed by atoms with Crippen LogP contribution in [-0.2, 0) is 9.53 Å². The molecule has 0 aromatic rings. The fourth-order valence-corrected chi connectivity index (χ4v) is 3.98. The van der Waals surface area contributed by atoms with Crippen molar-refractivity contribution in [2.24, 2.45) is 35.3 Å². The molecule has 3 heteroatoms. The van der Waals surface area contributed by atoms with E-state index >= 15 is 0 Å². The van der Waals surface area contributed by atoms with Crippen molar-refractivity contribution in [3.63, 3.8) is 0 Å². The number of carbonyl (C=O) groups excluding carboxylic acids is 1. The minimum absolute atomic E-state index is 0.00231. The Morgan fingerprint density at radius 1 is 1.21 bits per heavy atom. The molecule has 0 saturated heterocycles. The van der Waals surface area contributed by atoms with Gasteiger partial charge in [-0.1, -0.05) is 0 Å². The Bertz CT molecular complexity index is 278. The van der Waals surface area contributed by atoms with Gasteiger partial charge in [-0.15, -0.1) is 0 Å². The second-order valence-corrected chi connectivity index (χ2v) is 5.09. The zero-order chi connectivity index (χ0) is 9.87. The van der Waals surface area contributed by atoms with Crippen LogP contribution in [0.15, 0.2) is 0 Å². The number of hydrogen-bond acceptors (Lipinski definition) is 3. The fraction of sp³-hybridized carbons (Fsp3) is 0.909. The number of carbonyl (C=O) groups is 1. The molecule has 0 spiro atoms. The summed E-state index contributed by atoms with van der Waals surface area (Å²) in [5, 5.41) is 0. The van der Waals surface area contributed by atoms with E-state index in [1.165, 1.54) is 26.4 Å². The van der Waals surface area contributed by atoms with Gasteiger partial charge in [0.15, 0.2) is 0 Å². The first-order valence-corrected chi connectivity index (χ1v) is 5.57. The van der Waals surface area contributed by atoms with Crippen LogP contribution in [0.5, 0.6) is 0 Å². The summed E-state index contributed by atoms with van der Waals surface area (Å²) in [4.78, 5) is 11.6. The van der Waals surface area contributed by atoms with Crippen molar-refractivity contribution in [2.45, 2.75) is 25.3 Å². The van der Waals surface area contributed by atoms with E-state index < -0.39 is 0 Å². The number of nitrogens with two attached hydrogens (primary N) is 1. The Balaban J connectivity index is 1.88. The Hall–Kier alpha value is -0.570. The second-order valence-electron chi connectivity index (χ2n) is 5.09. The smallest absolute Gasteiger partial charge is 0.310 e. The first-order valence-electron chi connectivity index (χ1n) is 5.57. The molecule has 4 saturated carbocycles. The van der Waals surface area contributed by atoms with Crippen LogP contribution in [0, 0.1) is 29.6 Å². The maximum absolute atomic E-state index is 11.6. The van der Waals surface area contributed by atoms with Crippen LogP contribution in [0.2, 0.25) is 0 Å². The molecule has 4 fully saturated rings. The lowest BCUT2D eigenvalue weighted by Gasteiger charge is -2.45. The van der Waals surface area contributed by atoms with Gasteiger partial charge in [0.1, 0.15) is 0 Å². The molecule has 14 heavy (non-hydrogen) atoms. The van der Waals surface area contributed by atoms with Gasteiger partial charge in [-0.05, 0) is 42.9 Å². The number of ether oxygens (including phenoxy) is 1. The highest BCUT2D eigenvalue weighted by Gasteiger charge is 2.62. The third-order valence-corrected chi connectivity index (χ3v) is 4.67. The summed E-state index contributed by atoms with van der Waals surface area (Å²) >= 11 is 0. The molecule has 4 rings (SSSR count). The summed E-state index contributed by atoms with van der Waals surface area (Å²) in [6, 6.07) is 0.0740. The monoisotopic (exact) mass is 195 g/mol. The van der Waals surface area contributed by atoms with E-state index in [4.69, 9.17) is 10.5 Å². The third-order valence-electron chi connectivity index (χ3n) is 4.67. The summed E-state index contributed by atoms with van der Waals surface area (Å²) < 4.78 is 4.86. The van der Waals surface area contributed by atoms with Gasteiger partial charge in [0, 0.05) is 6.04 Å². The molecule has 0 heterocycles. The fourth-order valence-electron chi connectivity index (χ4n) is 3.98. The van der Waals surface area contributed by atoms with Crippen molar-refractivity contribution in [2.75, 3.05) is 7.11 Å². The average Bonchev–Trinajstić information content (AvgIpc) is 2.97. The van der Waals surface area contributed by atoms with Crippen LogP contribution in [0.4, 0.5) is 0 Å². The molecule has 0 aliphatic heterocycles. The normalized spacial score (nSPS) is 53.9. The van der Waals surface area contributed by atoms with Gasteiger partial charge in [-0.3, -0.25) is 4.79 Å². The summed E-state index contributed by atoms with van der Waals surface area (Å²) in [5.41, 5.74) is 6.16. The molecule has 4 aliphatic rings. The predicted molar refractivity (Wildman–Crippen MR) is 51.3 cm³/mol. The zero-order valence-electron chi connectivity index (χ0n) is 8.48. The lowest BCUT2D eigenvalue weighted by Crippen LogP contribution is -2.53. The van der Waals surface area contributed by atoms with Crippen LogP contribution < -0.4 is 5.73 Å². The number of fused-ring (bicyclic) bond motifs is 2. The van der Waals surface area contributed by atoms with E-state index in [1.54, 1.807) is 0 Å². The van der Waals surface area contributed by atoms with E-state index in [0.29, 0.717) is 11.8 Å². The largest absolute Gasteiger partial charge is 0.469 e. The van der Waals surface area contributed by atoms with Crippen molar-refractivity contribution in [1.29, 1.82) is 0 Å². The van der Waals surface area contributed by atoms with Gasteiger partial charge in [-0.25, -0.2) is 0 Å². The number of rotatable bonds is 1. The first kappa shape index (κ1) is 8.72. The van der Waals surface area contributed by atoms with Crippen molar-refractivity contribution < 1.29 is 9.53 Å². The van der Waals surface area contributed by atoms with Gasteiger partial charge in [-0.2, -0.15) is 0 Å². The molecule has 4 aliphatic carbocycles. The summed E-state index contributed by atoms with van der Waals surface area (Å²) in [6.45, 7) is 0. The van der Waals surface area contributed by atoms with Crippen LogP contribution in [-0.4, -0.2) is 19.1 Å². The van der Waals surface area contributed by atoms with E-state index in [1.807, 2.05) is 0 Å². The quantitative estimate of drug-likeness (QED) is 0.629. The van der Waals surface area contributed by atoms with Crippen LogP contribution >= 0.6 is 0 Å². The van der Waals surface area contributed by atoms with E-state index in [9.17, 15) is 4.79 Å². The molecule has 0 unspecified atom stereocenters. The van der Waals surface area contributed by atoms with Gasteiger partial charge < -0.3 is 10.5 Å². The van der Waals surface area contributed by atoms with Crippen molar-refractivity contribution >= 4 is 5.97 Å². The van der Waals surface area contributed by atoms with E-state index in [2.05, 4.69) is 0 Å². The molecular weight excluding hydrogens is 178 g/mol. The maximum Gasteiger partial charge on any atom is 0.310 e. The van der Waals surface area contributed by atoms with E-state index in [0.717, 1.165) is 11.8 Å². The number of esters is 1. The van der Waals surface area contributed by atoms with Crippen LogP contribution in [0.3, 0.4) is 0 Å². The highest BCUT2D eigenvalue weighted by molar-refractivity contribution is 5.74. The third kappa shape index (κ3) is 0.937. The topological polar surface area (TPSA) is 52.3 Å². The molecule has 2 N–H and O–H groups in total. The average molecular weight is 195 g/mol. The molecule has 0 radical (unpaired) electrons. The minimum Gasteiger partial charge on any atom is -0.469 e. The zero-order valence-corrected chi connectivity index (χ0v) is 8.48. The second kappa shape index (κ2) is 2.72. The van der Waals surface area contributed by atoms with Crippen molar-refractivity contribution in [3.05, 3.63) is 0 Å². The van der Waals surface area contributed by atoms with Gasteiger partial charge >= 0.3 is 5.97 Å². The SMILES string of the molecule is COC(=O)[C@@H]1[C@H](N)[C@@H]2CC[C@H]1[C@H]1C[C@H]12. The van der Waals surface area contributed by atoms with Crippen molar-refractivity contribution in [1.82, 2.24) is 0 Å². The minimum atomic E-state index is -0.0717. The summed E-state index contributed by atoms with van der Waals surface area (Å²) in [6.07, 6.45) is 3.75. The molecule has 6 atom stereocenters. The number of hydrogen-bond donors (Lipinski definition) is 1. The van der Waals surface area contributed by atoms with Gasteiger partial charge in [0.25, 0.3) is 0 Å². The molecule has 78 valence electrons. The first-order chi connectivity index (χ1) is 6.74. The Kier molecular flexibility index (Phi) is 1.69. The standard InChI is InChI=1S/C11H17NO2/c1-14-11(13)9-5-2-3-6(10(9)12)8-4-7(5)8/h5-10H,2-4,12H2,1H3/t5-,6+,7+,8-,9-,10+/m0/s1. The van der Waals surface area contributed by atoms with Crippen molar-refractivity contribution in [3.8, 4) is 0 Å². The highest BCUT2D eigenvalue weighted by Crippen LogP contribution is 2.63. The Morgan fingerprint density at radius 3 is 2.57 bits per heavy atom. The predicted octanol–water partition coefficient (Wildman–Crippen LogP) is 0.779. The Morgan fingerprint density at radius 2 is 1.86 bits per heavy atom. The molecule has 0 aromatic carbocycles. The Labute approximate surface area is 84.0 Å². The molecule has 0 amide bonds. The van der Waals surface area contributed by atoms with Gasteiger partial charge in [0.05, 0.1) is 13.0 Å². The molecule has 3 nitrogen and oxygen atoms in total. The lowest BCUT2D eigenvalue weighted by atomic mass is 9.62.